The maximum atomic E-state index is 8.87. The van der Waals surface area contributed by atoms with Crippen molar-refractivity contribution in [3.8, 4) is 0 Å². The Hall–Kier alpha value is -0.900. The molecular formula is C18H29NO2. The number of aliphatic hydroxyl groups excluding tert-OH is 1. The van der Waals surface area contributed by atoms with Crippen molar-refractivity contribution in [1.29, 1.82) is 0 Å². The summed E-state index contributed by atoms with van der Waals surface area (Å²) in [7, 11) is 0. The molecule has 1 aliphatic heterocycles. The third kappa shape index (κ3) is 4.53. The van der Waals surface area contributed by atoms with E-state index in [4.69, 9.17) is 9.84 Å². The largest absolute Gasteiger partial charge is 0.396 e. The van der Waals surface area contributed by atoms with Crippen LogP contribution in [-0.4, -0.2) is 42.4 Å². The van der Waals surface area contributed by atoms with Gasteiger partial charge in [0.25, 0.3) is 0 Å². The minimum atomic E-state index is 0.193. The predicted molar refractivity (Wildman–Crippen MR) is 86.6 cm³/mol. The Morgan fingerprint density at radius 2 is 2.05 bits per heavy atom. The fourth-order valence-electron chi connectivity index (χ4n) is 3.02. The van der Waals surface area contributed by atoms with Gasteiger partial charge in [-0.25, -0.2) is 0 Å². The molecule has 0 spiro atoms. The third-order valence-electron chi connectivity index (χ3n) is 4.45. The number of rotatable bonds is 6. The number of unbranched alkanes of at least 4 members (excludes halogenated alkanes) is 2. The van der Waals surface area contributed by atoms with Crippen LogP contribution in [0.15, 0.2) is 18.2 Å². The second kappa shape index (κ2) is 7.92. The van der Waals surface area contributed by atoms with Crippen LogP contribution >= 0.6 is 0 Å². The van der Waals surface area contributed by atoms with Crippen LogP contribution in [0.25, 0.3) is 0 Å². The van der Waals surface area contributed by atoms with Gasteiger partial charge in [-0.15, -0.1) is 0 Å². The molecule has 0 aliphatic carbocycles. The van der Waals surface area contributed by atoms with E-state index in [-0.39, 0.29) is 6.10 Å². The second-order valence-electron chi connectivity index (χ2n) is 6.31. The van der Waals surface area contributed by atoms with Crippen molar-refractivity contribution in [2.75, 3.05) is 26.3 Å². The van der Waals surface area contributed by atoms with Crippen molar-refractivity contribution in [3.05, 3.63) is 34.9 Å². The molecule has 0 radical (unpaired) electrons. The van der Waals surface area contributed by atoms with Crippen LogP contribution in [0.5, 0.6) is 0 Å². The van der Waals surface area contributed by atoms with Crippen LogP contribution in [-0.2, 0) is 4.74 Å². The summed E-state index contributed by atoms with van der Waals surface area (Å²) in [6, 6.07) is 7.11. The molecule has 3 nitrogen and oxygen atoms in total. The van der Waals surface area contributed by atoms with E-state index in [2.05, 4.69) is 43.9 Å². The molecule has 2 unspecified atom stereocenters. The molecule has 0 aromatic heterocycles. The van der Waals surface area contributed by atoms with Gasteiger partial charge in [-0.2, -0.15) is 0 Å². The number of aryl methyl sites for hydroxylation is 2. The quantitative estimate of drug-likeness (QED) is 0.817. The van der Waals surface area contributed by atoms with Gasteiger partial charge in [0, 0.05) is 19.2 Å². The lowest BCUT2D eigenvalue weighted by Gasteiger charge is -2.38. The van der Waals surface area contributed by atoms with Crippen LogP contribution in [0.3, 0.4) is 0 Å². The van der Waals surface area contributed by atoms with Crippen LogP contribution in [0.4, 0.5) is 0 Å². The van der Waals surface area contributed by atoms with E-state index in [0.29, 0.717) is 12.6 Å². The molecule has 0 saturated carbocycles. The zero-order chi connectivity index (χ0) is 15.2. The SMILES string of the molecule is Cc1ccc(C)c(C2CN(CCCCCO)C(C)CO2)c1. The molecule has 3 heteroatoms. The van der Waals surface area contributed by atoms with Crippen molar-refractivity contribution in [1.82, 2.24) is 4.90 Å². The Balaban J connectivity index is 1.97. The highest BCUT2D eigenvalue weighted by atomic mass is 16.5. The molecule has 21 heavy (non-hydrogen) atoms. The molecule has 0 amide bonds. The van der Waals surface area contributed by atoms with Crippen LogP contribution < -0.4 is 0 Å². The van der Waals surface area contributed by atoms with Gasteiger partial charge in [-0.3, -0.25) is 4.90 Å². The first-order chi connectivity index (χ1) is 10.1. The smallest absolute Gasteiger partial charge is 0.0955 e. The normalized spacial score (nSPS) is 23.4. The molecule has 2 rings (SSSR count). The van der Waals surface area contributed by atoms with Crippen LogP contribution in [0, 0.1) is 13.8 Å². The van der Waals surface area contributed by atoms with E-state index < -0.39 is 0 Å². The first-order valence-corrected chi connectivity index (χ1v) is 8.15. The lowest BCUT2D eigenvalue weighted by atomic mass is 9.98. The summed E-state index contributed by atoms with van der Waals surface area (Å²) in [6.07, 6.45) is 3.37. The highest BCUT2D eigenvalue weighted by Crippen LogP contribution is 2.28. The third-order valence-corrected chi connectivity index (χ3v) is 4.45. The fourth-order valence-corrected chi connectivity index (χ4v) is 3.02. The Morgan fingerprint density at radius 3 is 2.81 bits per heavy atom. The number of benzene rings is 1. The summed E-state index contributed by atoms with van der Waals surface area (Å²) in [4.78, 5) is 2.54. The Kier molecular flexibility index (Phi) is 6.22. The minimum absolute atomic E-state index is 0.193. The topological polar surface area (TPSA) is 32.7 Å². The number of morpholine rings is 1. The summed E-state index contributed by atoms with van der Waals surface area (Å²) >= 11 is 0. The molecule has 1 heterocycles. The monoisotopic (exact) mass is 291 g/mol. The molecule has 1 N–H and O–H groups in total. The molecule has 1 saturated heterocycles. The molecule has 2 atom stereocenters. The molecular weight excluding hydrogens is 262 g/mol. The molecule has 118 valence electrons. The lowest BCUT2D eigenvalue weighted by Crippen LogP contribution is -2.45. The van der Waals surface area contributed by atoms with Crippen LogP contribution in [0.2, 0.25) is 0 Å². The number of nitrogens with zero attached hydrogens (tertiary/aromatic N) is 1. The summed E-state index contributed by atoms with van der Waals surface area (Å²) in [6.45, 7) is 9.74. The van der Waals surface area contributed by atoms with Gasteiger partial charge in [0.1, 0.15) is 0 Å². The van der Waals surface area contributed by atoms with E-state index in [0.717, 1.165) is 39.0 Å². The van der Waals surface area contributed by atoms with Crippen molar-refractivity contribution < 1.29 is 9.84 Å². The molecule has 1 aliphatic rings. The van der Waals surface area contributed by atoms with Gasteiger partial charge in [0.2, 0.25) is 0 Å². The van der Waals surface area contributed by atoms with Gasteiger partial charge in [-0.05, 0) is 57.7 Å². The van der Waals surface area contributed by atoms with E-state index in [1.165, 1.54) is 16.7 Å². The molecule has 1 aromatic carbocycles. The highest BCUT2D eigenvalue weighted by molar-refractivity contribution is 5.32. The Labute approximate surface area is 128 Å². The Morgan fingerprint density at radius 1 is 1.24 bits per heavy atom. The van der Waals surface area contributed by atoms with Gasteiger partial charge in [-0.1, -0.05) is 23.8 Å². The number of hydrogen-bond donors (Lipinski definition) is 1. The summed E-state index contributed by atoms with van der Waals surface area (Å²) < 4.78 is 6.09. The standard InChI is InChI=1S/C18H29NO2/c1-14-7-8-15(2)17(11-14)18-12-19(16(3)13-21-18)9-5-4-6-10-20/h7-8,11,16,18,20H,4-6,9-10,12-13H2,1-3H3. The van der Waals surface area contributed by atoms with E-state index in [1.54, 1.807) is 0 Å². The number of aliphatic hydroxyl groups is 1. The van der Waals surface area contributed by atoms with Crippen molar-refractivity contribution in [3.63, 3.8) is 0 Å². The Bertz CT molecular complexity index is 447. The van der Waals surface area contributed by atoms with Gasteiger partial charge < -0.3 is 9.84 Å². The zero-order valence-electron chi connectivity index (χ0n) is 13.6. The van der Waals surface area contributed by atoms with Crippen molar-refractivity contribution in [2.45, 2.75) is 52.2 Å². The average Bonchev–Trinajstić information content (AvgIpc) is 2.48. The minimum Gasteiger partial charge on any atom is -0.396 e. The number of hydrogen-bond acceptors (Lipinski definition) is 3. The van der Waals surface area contributed by atoms with Gasteiger partial charge in [0.05, 0.1) is 12.7 Å². The highest BCUT2D eigenvalue weighted by Gasteiger charge is 2.27. The van der Waals surface area contributed by atoms with Gasteiger partial charge in [0.15, 0.2) is 0 Å². The fraction of sp³-hybridized carbons (Fsp3) is 0.667. The van der Waals surface area contributed by atoms with Crippen molar-refractivity contribution >= 4 is 0 Å². The average molecular weight is 291 g/mol. The molecule has 1 fully saturated rings. The van der Waals surface area contributed by atoms with Crippen LogP contribution in [0.1, 0.15) is 49.0 Å². The summed E-state index contributed by atoms with van der Waals surface area (Å²) in [5.41, 5.74) is 3.95. The molecule has 1 aromatic rings. The second-order valence-corrected chi connectivity index (χ2v) is 6.31. The van der Waals surface area contributed by atoms with Gasteiger partial charge >= 0.3 is 0 Å². The van der Waals surface area contributed by atoms with E-state index in [9.17, 15) is 0 Å². The summed E-state index contributed by atoms with van der Waals surface area (Å²) in [5, 5.41) is 8.87. The predicted octanol–water partition coefficient (Wildman–Crippen LogP) is 3.23. The maximum absolute atomic E-state index is 8.87. The zero-order valence-corrected chi connectivity index (χ0v) is 13.6. The van der Waals surface area contributed by atoms with E-state index in [1.807, 2.05) is 0 Å². The maximum Gasteiger partial charge on any atom is 0.0955 e. The molecule has 0 bridgehead atoms. The van der Waals surface area contributed by atoms with E-state index >= 15 is 0 Å². The number of ether oxygens (including phenoxy) is 1. The lowest BCUT2D eigenvalue weighted by molar-refractivity contribution is -0.0606. The summed E-state index contributed by atoms with van der Waals surface area (Å²) in [5.74, 6) is 0. The first kappa shape index (κ1) is 16.5. The first-order valence-electron chi connectivity index (χ1n) is 8.15. The van der Waals surface area contributed by atoms with Crippen molar-refractivity contribution in [2.24, 2.45) is 0 Å².